The highest BCUT2D eigenvalue weighted by atomic mass is 35.5. The first-order chi connectivity index (χ1) is 15.1. The number of aromatic nitrogens is 3. The summed E-state index contributed by atoms with van der Waals surface area (Å²) in [4.78, 5) is 13.9. The van der Waals surface area contributed by atoms with Crippen molar-refractivity contribution in [2.45, 2.75) is 25.7 Å². The van der Waals surface area contributed by atoms with Gasteiger partial charge in [-0.05, 0) is 36.4 Å². The molecule has 0 bridgehead atoms. The minimum absolute atomic E-state index is 0.149. The van der Waals surface area contributed by atoms with E-state index in [0.717, 1.165) is 0 Å². The van der Waals surface area contributed by atoms with Crippen LogP contribution >= 0.6 is 34.8 Å². The number of nitrogens with zero attached hydrogens (tertiary/aromatic N) is 4. The van der Waals surface area contributed by atoms with E-state index in [0.29, 0.717) is 16.3 Å². The Bertz CT molecular complexity index is 1170. The molecule has 2 aromatic carbocycles. The second-order valence-electron chi connectivity index (χ2n) is 6.97. The summed E-state index contributed by atoms with van der Waals surface area (Å²) < 4.78 is 45.7. The molecule has 0 radical (unpaired) electrons. The number of halogens is 6. The normalized spacial score (nSPS) is 13.8. The molecular weight excluding hydrogens is 492 g/mol. The van der Waals surface area contributed by atoms with E-state index in [1.807, 2.05) is 0 Å². The summed E-state index contributed by atoms with van der Waals surface area (Å²) in [7, 11) is 0. The van der Waals surface area contributed by atoms with Gasteiger partial charge in [0.25, 0.3) is 5.91 Å². The van der Waals surface area contributed by atoms with E-state index >= 15 is 0 Å². The minimum Gasteiger partial charge on any atom is -0.480 e. The third-order valence-electron chi connectivity index (χ3n) is 4.77. The number of carbonyl (C=O) groups excluding carboxylic acids is 1. The van der Waals surface area contributed by atoms with Crippen molar-refractivity contribution in [1.82, 2.24) is 14.8 Å². The molecule has 0 atom stereocenters. The van der Waals surface area contributed by atoms with Crippen LogP contribution in [-0.4, -0.2) is 33.5 Å². The van der Waals surface area contributed by atoms with E-state index < -0.39 is 25.0 Å². The lowest BCUT2D eigenvalue weighted by atomic mass is 10.2. The molecule has 4 rings (SSSR count). The highest BCUT2D eigenvalue weighted by molar-refractivity contribution is 6.36. The number of amides is 1. The molecule has 1 aliphatic rings. The van der Waals surface area contributed by atoms with Crippen LogP contribution in [0.15, 0.2) is 36.4 Å². The highest BCUT2D eigenvalue weighted by Gasteiger charge is 2.32. The lowest BCUT2D eigenvalue weighted by Crippen LogP contribution is -2.39. The smallest absolute Gasteiger partial charge is 0.390 e. The Morgan fingerprint density at radius 3 is 2.44 bits per heavy atom. The van der Waals surface area contributed by atoms with Gasteiger partial charge >= 0.3 is 6.18 Å². The fraction of sp³-hybridized carbons (Fsp3) is 0.250. The summed E-state index contributed by atoms with van der Waals surface area (Å²) in [6, 6.07) is 9.44. The van der Waals surface area contributed by atoms with Crippen molar-refractivity contribution in [2.75, 3.05) is 11.5 Å². The Kier molecular flexibility index (Phi) is 6.24. The Balaban J connectivity index is 1.74. The zero-order valence-electron chi connectivity index (χ0n) is 16.2. The number of alkyl halides is 3. The van der Waals surface area contributed by atoms with E-state index in [1.54, 1.807) is 24.3 Å². The van der Waals surface area contributed by atoms with Crippen LogP contribution in [-0.2, 0) is 17.9 Å². The van der Waals surface area contributed by atoms with Gasteiger partial charge in [0.15, 0.2) is 24.0 Å². The van der Waals surface area contributed by atoms with Gasteiger partial charge < -0.3 is 9.30 Å². The Labute approximate surface area is 195 Å². The maximum absolute atomic E-state index is 13.0. The summed E-state index contributed by atoms with van der Waals surface area (Å²) in [5.41, 5.74) is 0.840. The van der Waals surface area contributed by atoms with Crippen LogP contribution in [0.25, 0.3) is 11.4 Å². The molecule has 0 aliphatic carbocycles. The highest BCUT2D eigenvalue weighted by Crippen LogP contribution is 2.41. The molecule has 0 fully saturated rings. The lowest BCUT2D eigenvalue weighted by Gasteiger charge is -2.30. The van der Waals surface area contributed by atoms with Gasteiger partial charge in [-0.15, -0.1) is 10.2 Å². The molecule has 168 valence electrons. The first-order valence-corrected chi connectivity index (χ1v) is 10.4. The van der Waals surface area contributed by atoms with Crippen molar-refractivity contribution in [3.63, 3.8) is 0 Å². The van der Waals surface area contributed by atoms with Crippen molar-refractivity contribution < 1.29 is 22.7 Å². The van der Waals surface area contributed by atoms with E-state index in [9.17, 15) is 18.0 Å². The maximum atomic E-state index is 13.0. The number of hydrogen-bond donors (Lipinski definition) is 0. The molecule has 2 heterocycles. The predicted octanol–water partition coefficient (Wildman–Crippen LogP) is 5.78. The second kappa shape index (κ2) is 8.80. The number of benzene rings is 2. The molecule has 0 unspecified atom stereocenters. The van der Waals surface area contributed by atoms with E-state index in [-0.39, 0.29) is 40.6 Å². The second-order valence-corrected chi connectivity index (χ2v) is 8.25. The molecular formula is C20H14Cl3F3N4O2. The van der Waals surface area contributed by atoms with Gasteiger partial charge in [-0.25, -0.2) is 0 Å². The van der Waals surface area contributed by atoms with Crippen LogP contribution in [0.2, 0.25) is 15.1 Å². The quantitative estimate of drug-likeness (QED) is 0.441. The third kappa shape index (κ3) is 4.79. The number of hydrogen-bond acceptors (Lipinski definition) is 4. The maximum Gasteiger partial charge on any atom is 0.390 e. The zero-order chi connectivity index (χ0) is 23.0. The van der Waals surface area contributed by atoms with Crippen LogP contribution in [0, 0.1) is 0 Å². The molecule has 32 heavy (non-hydrogen) atoms. The monoisotopic (exact) mass is 504 g/mol. The zero-order valence-corrected chi connectivity index (χ0v) is 18.4. The standard InChI is InChI=1S/C20H14Cl3F3N4O2/c21-12-3-1-11(2-4-12)19-28-27-16(29(19)6-5-20(24,25)26)9-30-15-8-13(22)7-14(23)18(15)32-10-17(30)31/h1-4,7-8H,5-6,9-10H2. The van der Waals surface area contributed by atoms with Crippen LogP contribution in [0.4, 0.5) is 18.9 Å². The molecule has 1 aliphatic heterocycles. The number of ether oxygens (including phenoxy) is 1. The van der Waals surface area contributed by atoms with Crippen LogP contribution in [0.5, 0.6) is 5.75 Å². The molecule has 0 spiro atoms. The largest absolute Gasteiger partial charge is 0.480 e. The van der Waals surface area contributed by atoms with E-state index in [4.69, 9.17) is 39.5 Å². The van der Waals surface area contributed by atoms with Crippen LogP contribution in [0.1, 0.15) is 12.2 Å². The number of fused-ring (bicyclic) bond motifs is 1. The van der Waals surface area contributed by atoms with Crippen LogP contribution in [0.3, 0.4) is 0 Å². The molecule has 0 N–H and O–H groups in total. The molecule has 0 saturated carbocycles. The molecule has 1 amide bonds. The number of rotatable bonds is 5. The first-order valence-electron chi connectivity index (χ1n) is 9.29. The van der Waals surface area contributed by atoms with Crippen molar-refractivity contribution >= 4 is 46.4 Å². The van der Waals surface area contributed by atoms with E-state index in [2.05, 4.69) is 10.2 Å². The SMILES string of the molecule is O=C1COc2c(Cl)cc(Cl)cc2N1Cc1nnc(-c2ccc(Cl)cc2)n1CCC(F)(F)F. The molecule has 0 saturated heterocycles. The Hall–Kier alpha value is -2.49. The molecule has 3 aromatic rings. The van der Waals surface area contributed by atoms with Gasteiger partial charge in [-0.2, -0.15) is 13.2 Å². The summed E-state index contributed by atoms with van der Waals surface area (Å²) in [6.45, 7) is -0.856. The number of carbonyl (C=O) groups is 1. The van der Waals surface area contributed by atoms with E-state index in [1.165, 1.54) is 21.6 Å². The summed E-state index contributed by atoms with van der Waals surface area (Å²) >= 11 is 18.2. The first kappa shape index (κ1) is 22.7. The van der Waals surface area contributed by atoms with Gasteiger partial charge in [0.05, 0.1) is 23.7 Å². The average molecular weight is 506 g/mol. The topological polar surface area (TPSA) is 60.2 Å². The predicted molar refractivity (Wildman–Crippen MR) is 114 cm³/mol. The van der Waals surface area contributed by atoms with Gasteiger partial charge in [0, 0.05) is 22.2 Å². The van der Waals surface area contributed by atoms with Gasteiger partial charge in [-0.3, -0.25) is 9.69 Å². The van der Waals surface area contributed by atoms with Crippen LogP contribution < -0.4 is 9.64 Å². The lowest BCUT2D eigenvalue weighted by molar-refractivity contribution is -0.136. The fourth-order valence-corrected chi connectivity index (χ4v) is 3.95. The molecule has 1 aromatic heterocycles. The average Bonchev–Trinajstić information content (AvgIpc) is 3.11. The van der Waals surface area contributed by atoms with Gasteiger partial charge in [0.1, 0.15) is 0 Å². The summed E-state index contributed by atoms with van der Waals surface area (Å²) in [5.74, 6) is 0.228. The molecule has 6 nitrogen and oxygen atoms in total. The van der Waals surface area contributed by atoms with Crippen molar-refractivity contribution in [3.05, 3.63) is 57.3 Å². The fourth-order valence-electron chi connectivity index (χ4n) is 3.29. The summed E-state index contributed by atoms with van der Waals surface area (Å²) in [5, 5.41) is 9.11. The Morgan fingerprint density at radius 2 is 1.75 bits per heavy atom. The molecule has 12 heteroatoms. The minimum atomic E-state index is -4.39. The van der Waals surface area contributed by atoms with Crippen molar-refractivity contribution in [2.24, 2.45) is 0 Å². The number of anilines is 1. The van der Waals surface area contributed by atoms with Gasteiger partial charge in [0.2, 0.25) is 0 Å². The van der Waals surface area contributed by atoms with Crippen molar-refractivity contribution in [1.29, 1.82) is 0 Å². The Morgan fingerprint density at radius 1 is 1.03 bits per heavy atom. The van der Waals surface area contributed by atoms with Gasteiger partial charge in [-0.1, -0.05) is 34.8 Å². The van der Waals surface area contributed by atoms with Crippen molar-refractivity contribution in [3.8, 4) is 17.1 Å². The summed E-state index contributed by atoms with van der Waals surface area (Å²) in [6.07, 6.45) is -5.48. The third-order valence-corrected chi connectivity index (χ3v) is 5.52.